The van der Waals surface area contributed by atoms with Crippen molar-refractivity contribution >= 4 is 0 Å². The Labute approximate surface area is 51.8 Å². The molecule has 0 aliphatic carbocycles. The molecule has 0 rings (SSSR count). The smallest absolute Gasteiger partial charge is 0.560 e. The predicted molar refractivity (Wildman–Crippen MR) is 26.0 cm³/mol. The minimum atomic E-state index is -4.12. The van der Waals surface area contributed by atoms with E-state index in [9.17, 15) is 13.2 Å². The predicted octanol–water partition coefficient (Wildman–Crippen LogP) is 1.04. The van der Waals surface area contributed by atoms with Crippen molar-refractivity contribution < 1.29 is 23.1 Å². The summed E-state index contributed by atoms with van der Waals surface area (Å²) in [7, 11) is 3.25. The van der Waals surface area contributed by atoms with Crippen molar-refractivity contribution in [1.82, 2.24) is 0 Å². The van der Waals surface area contributed by atoms with Gasteiger partial charge in [0.05, 0.1) is 21.1 Å². The SMILES string of the molecule is C[N+](C)(C)C(F)(F)F.[OH-]. The van der Waals surface area contributed by atoms with Gasteiger partial charge in [-0.1, -0.05) is 0 Å². The minimum Gasteiger partial charge on any atom is -0.870 e. The maximum atomic E-state index is 11.5. The van der Waals surface area contributed by atoms with E-state index in [2.05, 4.69) is 0 Å². The van der Waals surface area contributed by atoms with Gasteiger partial charge < -0.3 is 5.48 Å². The van der Waals surface area contributed by atoms with E-state index in [1.807, 2.05) is 0 Å². The van der Waals surface area contributed by atoms with Crippen LogP contribution in [-0.2, 0) is 0 Å². The van der Waals surface area contributed by atoms with E-state index >= 15 is 0 Å². The van der Waals surface area contributed by atoms with Crippen LogP contribution in [0.3, 0.4) is 0 Å². The fourth-order valence-electron chi connectivity index (χ4n) is 0. The molecule has 0 aromatic heterocycles. The van der Waals surface area contributed by atoms with Crippen LogP contribution in [0.25, 0.3) is 0 Å². The lowest BCUT2D eigenvalue weighted by Crippen LogP contribution is -2.47. The molecule has 2 nitrogen and oxygen atoms in total. The van der Waals surface area contributed by atoms with Gasteiger partial charge in [-0.05, 0) is 0 Å². The Morgan fingerprint density at radius 2 is 1.11 bits per heavy atom. The number of hydrogen-bond acceptors (Lipinski definition) is 1. The molecule has 0 spiro atoms. The van der Waals surface area contributed by atoms with Crippen LogP contribution < -0.4 is 0 Å². The fourth-order valence-corrected chi connectivity index (χ4v) is 0. The molecule has 0 saturated heterocycles. The number of quaternary nitrogens is 1. The average Bonchev–Trinajstić information content (AvgIpc) is 1.25. The van der Waals surface area contributed by atoms with Crippen molar-refractivity contribution in [3.05, 3.63) is 0 Å². The van der Waals surface area contributed by atoms with Crippen LogP contribution in [0, 0.1) is 0 Å². The van der Waals surface area contributed by atoms with E-state index in [1.165, 1.54) is 0 Å². The number of alkyl halides is 3. The molecule has 0 aromatic carbocycles. The topological polar surface area (TPSA) is 30.0 Å². The highest BCUT2D eigenvalue weighted by Crippen LogP contribution is 2.22. The number of nitrogens with zero attached hydrogens (tertiary/aromatic N) is 1. The summed E-state index contributed by atoms with van der Waals surface area (Å²) in [4.78, 5) is 0. The molecule has 0 aromatic rings. The second-order valence-electron chi connectivity index (χ2n) is 2.48. The maximum absolute atomic E-state index is 11.5. The molecule has 0 bridgehead atoms. The van der Waals surface area contributed by atoms with Crippen molar-refractivity contribution in [2.24, 2.45) is 0 Å². The van der Waals surface area contributed by atoms with Gasteiger partial charge in [-0.15, -0.1) is 13.2 Å². The van der Waals surface area contributed by atoms with Crippen molar-refractivity contribution in [3.8, 4) is 0 Å². The zero-order valence-electron chi connectivity index (χ0n) is 5.53. The summed E-state index contributed by atoms with van der Waals surface area (Å²) < 4.78 is 33.6. The summed E-state index contributed by atoms with van der Waals surface area (Å²) in [5, 5.41) is 0. The van der Waals surface area contributed by atoms with Gasteiger partial charge >= 0.3 is 6.30 Å². The van der Waals surface area contributed by atoms with Crippen molar-refractivity contribution in [1.29, 1.82) is 0 Å². The molecule has 0 fully saturated rings. The van der Waals surface area contributed by atoms with E-state index < -0.39 is 10.8 Å². The van der Waals surface area contributed by atoms with E-state index in [0.29, 0.717) is 0 Å². The Morgan fingerprint density at radius 3 is 1.11 bits per heavy atom. The molecule has 5 heteroatoms. The molecule has 0 unspecified atom stereocenters. The largest absolute Gasteiger partial charge is 0.870 e. The van der Waals surface area contributed by atoms with Crippen LogP contribution in [0.1, 0.15) is 0 Å². The van der Waals surface area contributed by atoms with E-state index in [4.69, 9.17) is 0 Å². The summed E-state index contributed by atoms with van der Waals surface area (Å²) in [5.74, 6) is 0. The highest BCUT2D eigenvalue weighted by Gasteiger charge is 2.44. The Balaban J connectivity index is 0. The summed E-state index contributed by atoms with van der Waals surface area (Å²) in [6.07, 6.45) is -4.12. The summed E-state index contributed by atoms with van der Waals surface area (Å²) in [6, 6.07) is 0. The van der Waals surface area contributed by atoms with Gasteiger partial charge in [0.25, 0.3) is 0 Å². The second kappa shape index (κ2) is 2.53. The number of hydrogen-bond donors (Lipinski definition) is 0. The van der Waals surface area contributed by atoms with Crippen LogP contribution in [0.2, 0.25) is 0 Å². The number of rotatable bonds is 0. The molecule has 0 radical (unpaired) electrons. The van der Waals surface area contributed by atoms with Gasteiger partial charge in [0.2, 0.25) is 0 Å². The van der Waals surface area contributed by atoms with Gasteiger partial charge in [0.15, 0.2) is 0 Å². The Bertz CT molecular complexity index is 70.8. The molecule has 0 amide bonds. The van der Waals surface area contributed by atoms with E-state index in [-0.39, 0.29) is 5.48 Å². The van der Waals surface area contributed by atoms with E-state index in [0.717, 1.165) is 21.1 Å². The van der Waals surface area contributed by atoms with Crippen molar-refractivity contribution in [2.45, 2.75) is 6.30 Å². The van der Waals surface area contributed by atoms with Crippen molar-refractivity contribution in [3.63, 3.8) is 0 Å². The highest BCUT2D eigenvalue weighted by molar-refractivity contribution is 4.22. The van der Waals surface area contributed by atoms with Gasteiger partial charge in [0.1, 0.15) is 0 Å². The van der Waals surface area contributed by atoms with Crippen LogP contribution in [0.5, 0.6) is 0 Å². The quantitative estimate of drug-likeness (QED) is 0.370. The Kier molecular flexibility index (Phi) is 3.23. The first kappa shape index (κ1) is 11.5. The standard InChI is InChI=1S/C4H9F3N.H2O/c1-8(2,3)4(5,6)7;/h1-3H3;1H2/q+1;/p-1. The zero-order valence-corrected chi connectivity index (χ0v) is 5.53. The third kappa shape index (κ3) is 3.31. The molecule has 0 aliphatic rings. The van der Waals surface area contributed by atoms with E-state index in [1.54, 1.807) is 0 Å². The van der Waals surface area contributed by atoms with Gasteiger partial charge in [0, 0.05) is 0 Å². The molecule has 0 saturated carbocycles. The zero-order chi connectivity index (χ0) is 7.00. The van der Waals surface area contributed by atoms with Crippen LogP contribution in [0.15, 0.2) is 0 Å². The third-order valence-corrected chi connectivity index (χ3v) is 0.761. The summed E-state index contributed by atoms with van der Waals surface area (Å²) >= 11 is 0. The van der Waals surface area contributed by atoms with Crippen LogP contribution >= 0.6 is 0 Å². The molecule has 9 heavy (non-hydrogen) atoms. The molecule has 1 N–H and O–H groups in total. The molecular formula is C4H10F3NO. The van der Waals surface area contributed by atoms with Gasteiger partial charge in [-0.3, -0.25) is 0 Å². The monoisotopic (exact) mass is 145 g/mol. The first-order valence-corrected chi connectivity index (χ1v) is 2.13. The summed E-state index contributed by atoms with van der Waals surface area (Å²) in [6.45, 7) is 0. The molecule has 58 valence electrons. The van der Waals surface area contributed by atoms with Gasteiger partial charge in [-0.25, -0.2) is 4.48 Å². The van der Waals surface area contributed by atoms with Crippen LogP contribution in [0.4, 0.5) is 13.2 Å². The Hall–Kier alpha value is -0.290. The normalized spacial score (nSPS) is 12.7. The third-order valence-electron chi connectivity index (χ3n) is 0.761. The highest BCUT2D eigenvalue weighted by atomic mass is 19.4. The van der Waals surface area contributed by atoms with Crippen molar-refractivity contribution in [2.75, 3.05) is 21.1 Å². The molecule has 0 heterocycles. The van der Waals surface area contributed by atoms with Gasteiger partial charge in [-0.2, -0.15) is 0 Å². The molecular weight excluding hydrogens is 135 g/mol. The first-order valence-electron chi connectivity index (χ1n) is 2.13. The molecule has 0 aliphatic heterocycles. The first-order chi connectivity index (χ1) is 3.25. The fraction of sp³-hybridized carbons (Fsp3) is 1.00. The Morgan fingerprint density at radius 1 is 1.00 bits per heavy atom. The summed E-state index contributed by atoms with van der Waals surface area (Å²) in [5.41, 5.74) is 0. The second-order valence-corrected chi connectivity index (χ2v) is 2.48. The van der Waals surface area contributed by atoms with Crippen LogP contribution in [-0.4, -0.2) is 37.4 Å². The average molecular weight is 145 g/mol. The lowest BCUT2D eigenvalue weighted by Gasteiger charge is -2.24. The lowest BCUT2D eigenvalue weighted by atomic mass is 10.7. The lowest BCUT2D eigenvalue weighted by molar-refractivity contribution is -0.981. The number of halogens is 3. The maximum Gasteiger partial charge on any atom is 0.560 e. The minimum absolute atomic E-state index is 0. The molecule has 0 atom stereocenters.